The molecule has 0 fully saturated rings. The Bertz CT molecular complexity index is 324. The summed E-state index contributed by atoms with van der Waals surface area (Å²) in [5.41, 5.74) is 0. The molecule has 0 aromatic carbocycles. The van der Waals surface area contributed by atoms with E-state index in [9.17, 15) is 0 Å². The fourth-order valence-corrected chi connectivity index (χ4v) is 2.62. The van der Waals surface area contributed by atoms with E-state index in [4.69, 9.17) is 0 Å². The predicted octanol–water partition coefficient (Wildman–Crippen LogP) is 2.04. The molecule has 0 radical (unpaired) electrons. The molecule has 1 aromatic rings. The Morgan fingerprint density at radius 3 is 3.12 bits per heavy atom. The summed E-state index contributed by atoms with van der Waals surface area (Å²) in [6.45, 7) is 6.79. The topological polar surface area (TPSA) is 21.1 Å². The molecule has 3 nitrogen and oxygen atoms in total. The molecule has 2 rings (SSSR count). The van der Waals surface area contributed by atoms with E-state index in [2.05, 4.69) is 40.2 Å². The summed E-state index contributed by atoms with van der Waals surface area (Å²) in [6.07, 6.45) is 6.49. The van der Waals surface area contributed by atoms with Gasteiger partial charge >= 0.3 is 0 Å². The van der Waals surface area contributed by atoms with Crippen LogP contribution in [-0.2, 0) is 13.1 Å². The Balaban J connectivity index is 1.77. The highest BCUT2D eigenvalue weighted by atomic mass is 32.1. The second kappa shape index (κ2) is 5.73. The maximum absolute atomic E-state index is 4.38. The molecule has 16 heavy (non-hydrogen) atoms. The van der Waals surface area contributed by atoms with Crippen LogP contribution in [0.15, 0.2) is 12.4 Å². The standard InChI is InChI=1S/C12H21N3S/c1-11(3-9-16)2-5-14-7-8-15-6-4-13-12(15)10-14/h4,6,11,16H,2-3,5,7-10H2,1H3. The number of imidazole rings is 1. The number of nitrogens with zero attached hydrogens (tertiary/aromatic N) is 3. The Morgan fingerprint density at radius 2 is 2.31 bits per heavy atom. The smallest absolute Gasteiger partial charge is 0.122 e. The fourth-order valence-electron chi connectivity index (χ4n) is 2.18. The molecule has 2 heterocycles. The molecular formula is C12H21N3S. The third kappa shape index (κ3) is 3.01. The molecule has 0 amide bonds. The number of aromatic nitrogens is 2. The fraction of sp³-hybridized carbons (Fsp3) is 0.750. The van der Waals surface area contributed by atoms with Crippen LogP contribution in [0, 0.1) is 5.92 Å². The zero-order valence-electron chi connectivity index (χ0n) is 9.97. The van der Waals surface area contributed by atoms with Gasteiger partial charge in [-0.1, -0.05) is 6.92 Å². The van der Waals surface area contributed by atoms with Crippen LogP contribution >= 0.6 is 12.6 Å². The first-order valence-corrected chi connectivity index (χ1v) is 6.76. The largest absolute Gasteiger partial charge is 0.333 e. The first kappa shape index (κ1) is 12.0. The van der Waals surface area contributed by atoms with Crippen molar-refractivity contribution in [3.05, 3.63) is 18.2 Å². The average molecular weight is 239 g/mol. The van der Waals surface area contributed by atoms with Crippen LogP contribution in [0.1, 0.15) is 25.6 Å². The third-order valence-electron chi connectivity index (χ3n) is 3.38. The van der Waals surface area contributed by atoms with Gasteiger partial charge in [0.15, 0.2) is 0 Å². The van der Waals surface area contributed by atoms with Crippen molar-refractivity contribution < 1.29 is 0 Å². The van der Waals surface area contributed by atoms with Crippen molar-refractivity contribution in [1.29, 1.82) is 0 Å². The average Bonchev–Trinajstić information content (AvgIpc) is 2.74. The Morgan fingerprint density at radius 1 is 1.44 bits per heavy atom. The Labute approximate surface area is 103 Å². The zero-order chi connectivity index (χ0) is 11.4. The van der Waals surface area contributed by atoms with Crippen LogP contribution in [0.5, 0.6) is 0 Å². The molecule has 1 atom stereocenters. The number of thiol groups is 1. The van der Waals surface area contributed by atoms with E-state index in [-0.39, 0.29) is 0 Å². The van der Waals surface area contributed by atoms with Crippen molar-refractivity contribution in [2.24, 2.45) is 5.92 Å². The molecule has 4 heteroatoms. The second-order valence-electron chi connectivity index (χ2n) is 4.72. The molecule has 0 saturated carbocycles. The van der Waals surface area contributed by atoms with Gasteiger partial charge in [0.05, 0.1) is 6.54 Å². The Hall–Kier alpha value is -0.480. The first-order chi connectivity index (χ1) is 7.79. The summed E-state index contributed by atoms with van der Waals surface area (Å²) in [6, 6.07) is 0. The van der Waals surface area contributed by atoms with E-state index in [1.807, 2.05) is 6.20 Å². The van der Waals surface area contributed by atoms with Gasteiger partial charge in [0.2, 0.25) is 0 Å². The normalized spacial score (nSPS) is 18.4. The highest BCUT2D eigenvalue weighted by Gasteiger charge is 2.16. The van der Waals surface area contributed by atoms with E-state index in [0.29, 0.717) is 0 Å². The van der Waals surface area contributed by atoms with Crippen LogP contribution in [0.4, 0.5) is 0 Å². The molecule has 1 aliphatic rings. The van der Waals surface area contributed by atoms with Gasteiger partial charge in [0.1, 0.15) is 5.82 Å². The molecular weight excluding hydrogens is 218 g/mol. The predicted molar refractivity (Wildman–Crippen MR) is 69.8 cm³/mol. The lowest BCUT2D eigenvalue weighted by atomic mass is 10.0. The summed E-state index contributed by atoms with van der Waals surface area (Å²) in [7, 11) is 0. The molecule has 0 aliphatic carbocycles. The summed E-state index contributed by atoms with van der Waals surface area (Å²) in [5, 5.41) is 0. The third-order valence-corrected chi connectivity index (χ3v) is 3.64. The van der Waals surface area contributed by atoms with Crippen molar-refractivity contribution in [3.8, 4) is 0 Å². The van der Waals surface area contributed by atoms with Crippen molar-refractivity contribution in [2.75, 3.05) is 18.8 Å². The van der Waals surface area contributed by atoms with Crippen molar-refractivity contribution in [1.82, 2.24) is 14.5 Å². The summed E-state index contributed by atoms with van der Waals surface area (Å²) in [4.78, 5) is 6.89. The number of hydrogen-bond acceptors (Lipinski definition) is 3. The van der Waals surface area contributed by atoms with Crippen LogP contribution < -0.4 is 0 Å². The van der Waals surface area contributed by atoms with Gasteiger partial charge in [-0.05, 0) is 31.1 Å². The minimum absolute atomic E-state index is 0.791. The molecule has 90 valence electrons. The maximum atomic E-state index is 4.38. The minimum Gasteiger partial charge on any atom is -0.333 e. The summed E-state index contributed by atoms with van der Waals surface area (Å²) >= 11 is 4.28. The first-order valence-electron chi connectivity index (χ1n) is 6.13. The SMILES string of the molecule is CC(CCS)CCN1CCn2ccnc2C1. The van der Waals surface area contributed by atoms with Crippen LogP contribution in [0.25, 0.3) is 0 Å². The summed E-state index contributed by atoms with van der Waals surface area (Å²) in [5.74, 6) is 3.01. The highest BCUT2D eigenvalue weighted by Crippen LogP contribution is 2.14. The van der Waals surface area contributed by atoms with Gasteiger partial charge in [-0.2, -0.15) is 12.6 Å². The van der Waals surface area contributed by atoms with Gasteiger partial charge in [-0.25, -0.2) is 4.98 Å². The number of rotatable bonds is 5. The molecule has 0 bridgehead atoms. The van der Waals surface area contributed by atoms with E-state index in [1.165, 1.54) is 25.2 Å². The molecule has 0 saturated heterocycles. The molecule has 1 aromatic heterocycles. The monoisotopic (exact) mass is 239 g/mol. The van der Waals surface area contributed by atoms with Crippen molar-refractivity contribution in [3.63, 3.8) is 0 Å². The van der Waals surface area contributed by atoms with Gasteiger partial charge < -0.3 is 4.57 Å². The van der Waals surface area contributed by atoms with E-state index < -0.39 is 0 Å². The lowest BCUT2D eigenvalue weighted by Crippen LogP contribution is -2.34. The molecule has 0 spiro atoms. The Kier molecular flexibility index (Phi) is 4.29. The molecule has 1 aliphatic heterocycles. The van der Waals surface area contributed by atoms with E-state index in [0.717, 1.165) is 31.3 Å². The highest BCUT2D eigenvalue weighted by molar-refractivity contribution is 7.80. The quantitative estimate of drug-likeness (QED) is 0.794. The van der Waals surface area contributed by atoms with Gasteiger partial charge in [0.25, 0.3) is 0 Å². The van der Waals surface area contributed by atoms with Crippen LogP contribution in [0.3, 0.4) is 0 Å². The zero-order valence-corrected chi connectivity index (χ0v) is 10.9. The maximum Gasteiger partial charge on any atom is 0.122 e. The van der Waals surface area contributed by atoms with Gasteiger partial charge in [-0.3, -0.25) is 4.90 Å². The minimum atomic E-state index is 0.791. The van der Waals surface area contributed by atoms with E-state index >= 15 is 0 Å². The van der Waals surface area contributed by atoms with E-state index in [1.54, 1.807) is 0 Å². The van der Waals surface area contributed by atoms with Crippen LogP contribution in [-0.4, -0.2) is 33.3 Å². The number of hydrogen-bond donors (Lipinski definition) is 1. The molecule has 0 N–H and O–H groups in total. The van der Waals surface area contributed by atoms with Crippen molar-refractivity contribution >= 4 is 12.6 Å². The lowest BCUT2D eigenvalue weighted by Gasteiger charge is -2.28. The summed E-state index contributed by atoms with van der Waals surface area (Å²) < 4.78 is 2.26. The van der Waals surface area contributed by atoms with Gasteiger partial charge in [0, 0.05) is 25.5 Å². The number of fused-ring (bicyclic) bond motifs is 1. The lowest BCUT2D eigenvalue weighted by molar-refractivity contribution is 0.203. The van der Waals surface area contributed by atoms with Crippen LogP contribution in [0.2, 0.25) is 0 Å². The van der Waals surface area contributed by atoms with Crippen molar-refractivity contribution in [2.45, 2.75) is 32.9 Å². The van der Waals surface area contributed by atoms with Gasteiger partial charge in [-0.15, -0.1) is 0 Å². The molecule has 1 unspecified atom stereocenters. The second-order valence-corrected chi connectivity index (χ2v) is 5.17.